The zero-order valence-electron chi connectivity index (χ0n) is 14.5. The summed E-state index contributed by atoms with van der Waals surface area (Å²) in [7, 11) is 0. The van der Waals surface area contributed by atoms with Gasteiger partial charge in [-0.2, -0.15) is 0 Å². The van der Waals surface area contributed by atoms with Gasteiger partial charge in [0.05, 0.1) is 12.0 Å². The zero-order chi connectivity index (χ0) is 17.8. The van der Waals surface area contributed by atoms with Crippen molar-refractivity contribution in [2.45, 2.75) is 33.1 Å². The maximum Gasteiger partial charge on any atom is 0.348 e. The van der Waals surface area contributed by atoms with Crippen LogP contribution in [0.3, 0.4) is 0 Å². The third-order valence-corrected chi connectivity index (χ3v) is 5.46. The van der Waals surface area contributed by atoms with Gasteiger partial charge in [0.1, 0.15) is 21.9 Å². The fraction of sp³-hybridized carbons (Fsp3) is 0.529. The molecular weight excluding hydrogens is 340 g/mol. The van der Waals surface area contributed by atoms with E-state index in [1.54, 1.807) is 6.92 Å². The minimum absolute atomic E-state index is 0.171. The molecule has 1 amide bonds. The van der Waals surface area contributed by atoms with Crippen LogP contribution in [0.4, 0.5) is 5.82 Å². The van der Waals surface area contributed by atoms with Crippen LogP contribution in [0.25, 0.3) is 10.2 Å². The number of esters is 1. The second-order valence-electron chi connectivity index (χ2n) is 5.94. The van der Waals surface area contributed by atoms with E-state index in [2.05, 4.69) is 15.3 Å². The van der Waals surface area contributed by atoms with Crippen molar-refractivity contribution < 1.29 is 14.3 Å². The van der Waals surface area contributed by atoms with Crippen molar-refractivity contribution in [2.24, 2.45) is 0 Å². The summed E-state index contributed by atoms with van der Waals surface area (Å²) >= 11 is 1.31. The molecule has 0 bridgehead atoms. The number of nitrogens with one attached hydrogen (secondary N) is 1. The number of carbonyl (C=O) groups excluding carboxylic acids is 2. The van der Waals surface area contributed by atoms with E-state index in [1.807, 2.05) is 11.8 Å². The molecule has 7 nitrogen and oxygen atoms in total. The SMILES string of the molecule is CCOC(=O)c1sc2ncnc(NCCC(=O)N3CCCC3)c2c1C. The van der Waals surface area contributed by atoms with E-state index >= 15 is 0 Å². The number of rotatable bonds is 6. The summed E-state index contributed by atoms with van der Waals surface area (Å²) in [5.74, 6) is 0.492. The van der Waals surface area contributed by atoms with Gasteiger partial charge in [-0.1, -0.05) is 0 Å². The van der Waals surface area contributed by atoms with Gasteiger partial charge in [0, 0.05) is 26.1 Å². The highest BCUT2D eigenvalue weighted by Gasteiger charge is 2.21. The zero-order valence-corrected chi connectivity index (χ0v) is 15.3. The molecule has 0 saturated carbocycles. The summed E-state index contributed by atoms with van der Waals surface area (Å²) in [6, 6.07) is 0. The van der Waals surface area contributed by atoms with Crippen molar-refractivity contribution in [1.29, 1.82) is 0 Å². The molecule has 3 rings (SSSR count). The third kappa shape index (κ3) is 3.73. The lowest BCUT2D eigenvalue weighted by molar-refractivity contribution is -0.129. The first kappa shape index (κ1) is 17.6. The van der Waals surface area contributed by atoms with Gasteiger partial charge in [0.25, 0.3) is 0 Å². The van der Waals surface area contributed by atoms with Crippen LogP contribution in [0, 0.1) is 6.92 Å². The first-order valence-corrected chi connectivity index (χ1v) is 9.36. The number of aromatic nitrogens is 2. The average Bonchev–Trinajstić information content (AvgIpc) is 3.24. The minimum atomic E-state index is -0.335. The second kappa shape index (κ2) is 7.77. The Labute approximate surface area is 150 Å². The van der Waals surface area contributed by atoms with Gasteiger partial charge >= 0.3 is 5.97 Å². The number of carbonyl (C=O) groups is 2. The summed E-state index contributed by atoms with van der Waals surface area (Å²) in [5, 5.41) is 4.05. The van der Waals surface area contributed by atoms with Gasteiger partial charge in [-0.3, -0.25) is 4.79 Å². The molecule has 0 aliphatic carbocycles. The van der Waals surface area contributed by atoms with Crippen molar-refractivity contribution in [3.05, 3.63) is 16.8 Å². The molecule has 0 atom stereocenters. The second-order valence-corrected chi connectivity index (χ2v) is 6.94. The monoisotopic (exact) mass is 362 g/mol. The molecule has 0 spiro atoms. The Kier molecular flexibility index (Phi) is 5.47. The van der Waals surface area contributed by atoms with Crippen molar-refractivity contribution in [3.63, 3.8) is 0 Å². The van der Waals surface area contributed by atoms with E-state index in [4.69, 9.17) is 4.74 Å². The van der Waals surface area contributed by atoms with Gasteiger partial charge in [0.2, 0.25) is 5.91 Å². The lowest BCUT2D eigenvalue weighted by atomic mass is 10.2. The van der Waals surface area contributed by atoms with Gasteiger partial charge in [-0.25, -0.2) is 14.8 Å². The highest BCUT2D eigenvalue weighted by Crippen LogP contribution is 2.33. The molecule has 3 heterocycles. The molecule has 25 heavy (non-hydrogen) atoms. The smallest absolute Gasteiger partial charge is 0.348 e. The Morgan fingerprint density at radius 3 is 2.80 bits per heavy atom. The standard InChI is InChI=1S/C17H22N4O3S/c1-3-24-17(23)14-11(2)13-15(19-10-20-16(13)25-14)18-7-6-12(22)21-8-4-5-9-21/h10H,3-9H2,1-2H3,(H,18,19,20). The number of ether oxygens (including phenoxy) is 1. The lowest BCUT2D eigenvalue weighted by Gasteiger charge is -2.15. The van der Waals surface area contributed by atoms with Crippen LogP contribution < -0.4 is 5.32 Å². The summed E-state index contributed by atoms with van der Waals surface area (Å²) in [6.45, 7) is 6.22. The van der Waals surface area contributed by atoms with Gasteiger partial charge in [-0.15, -0.1) is 11.3 Å². The van der Waals surface area contributed by atoms with Gasteiger partial charge in [0.15, 0.2) is 0 Å². The van der Waals surface area contributed by atoms with Crippen LogP contribution >= 0.6 is 11.3 Å². The lowest BCUT2D eigenvalue weighted by Crippen LogP contribution is -2.29. The maximum absolute atomic E-state index is 12.1. The molecule has 134 valence electrons. The molecule has 8 heteroatoms. The quantitative estimate of drug-likeness (QED) is 0.795. The van der Waals surface area contributed by atoms with Crippen LogP contribution in [0.5, 0.6) is 0 Å². The molecule has 0 aromatic carbocycles. The van der Waals surface area contributed by atoms with Crippen molar-refractivity contribution in [3.8, 4) is 0 Å². The number of amides is 1. The Morgan fingerprint density at radius 1 is 1.32 bits per heavy atom. The van der Waals surface area contributed by atoms with E-state index in [-0.39, 0.29) is 11.9 Å². The fourth-order valence-corrected chi connectivity index (χ4v) is 4.05. The average molecular weight is 362 g/mol. The molecule has 1 aliphatic heterocycles. The largest absolute Gasteiger partial charge is 0.462 e. The predicted molar refractivity (Wildman–Crippen MR) is 97.0 cm³/mol. The Bertz CT molecular complexity index is 784. The number of aryl methyl sites for hydroxylation is 1. The Hall–Kier alpha value is -2.22. The Morgan fingerprint density at radius 2 is 2.08 bits per heavy atom. The molecule has 2 aromatic rings. The Balaban J connectivity index is 1.73. The van der Waals surface area contributed by atoms with Crippen LogP contribution in [-0.2, 0) is 9.53 Å². The van der Waals surface area contributed by atoms with Crippen LogP contribution in [-0.4, -0.2) is 53.0 Å². The highest BCUT2D eigenvalue weighted by molar-refractivity contribution is 7.20. The highest BCUT2D eigenvalue weighted by atomic mass is 32.1. The molecule has 1 saturated heterocycles. The fourth-order valence-electron chi connectivity index (χ4n) is 3.01. The van der Waals surface area contributed by atoms with Crippen LogP contribution in [0.2, 0.25) is 0 Å². The molecule has 0 radical (unpaired) electrons. The van der Waals surface area contributed by atoms with Crippen molar-refractivity contribution in [1.82, 2.24) is 14.9 Å². The normalized spacial score (nSPS) is 14.1. The van der Waals surface area contributed by atoms with Gasteiger partial charge in [-0.05, 0) is 32.3 Å². The minimum Gasteiger partial charge on any atom is -0.462 e. The summed E-state index contributed by atoms with van der Waals surface area (Å²) in [4.78, 5) is 35.9. The molecule has 1 fully saturated rings. The van der Waals surface area contributed by atoms with Crippen molar-refractivity contribution in [2.75, 3.05) is 31.6 Å². The molecule has 0 unspecified atom stereocenters. The van der Waals surface area contributed by atoms with E-state index in [1.165, 1.54) is 17.7 Å². The first-order chi connectivity index (χ1) is 12.1. The predicted octanol–water partition coefficient (Wildman–Crippen LogP) is 2.60. The van der Waals surface area contributed by atoms with Crippen molar-refractivity contribution >= 4 is 39.2 Å². The number of hydrogen-bond acceptors (Lipinski definition) is 7. The molecule has 1 aliphatic rings. The van der Waals surface area contributed by atoms with E-state index in [0.29, 0.717) is 30.3 Å². The van der Waals surface area contributed by atoms with E-state index in [0.717, 1.165) is 41.7 Å². The molecular formula is C17H22N4O3S. The van der Waals surface area contributed by atoms with Gasteiger partial charge < -0.3 is 15.0 Å². The van der Waals surface area contributed by atoms with E-state index < -0.39 is 0 Å². The van der Waals surface area contributed by atoms with Crippen LogP contribution in [0.15, 0.2) is 6.33 Å². The number of nitrogens with zero attached hydrogens (tertiary/aromatic N) is 3. The first-order valence-electron chi connectivity index (χ1n) is 8.54. The topological polar surface area (TPSA) is 84.4 Å². The maximum atomic E-state index is 12.1. The molecule has 1 N–H and O–H groups in total. The van der Waals surface area contributed by atoms with Crippen LogP contribution in [0.1, 0.15) is 41.4 Å². The number of anilines is 1. The number of hydrogen-bond donors (Lipinski definition) is 1. The summed E-state index contributed by atoms with van der Waals surface area (Å²) in [5.41, 5.74) is 0.812. The third-order valence-electron chi connectivity index (χ3n) is 4.28. The number of fused-ring (bicyclic) bond motifs is 1. The molecule has 2 aromatic heterocycles. The number of likely N-dealkylation sites (tertiary alicyclic amines) is 1. The van der Waals surface area contributed by atoms with E-state index in [9.17, 15) is 9.59 Å². The summed E-state index contributed by atoms with van der Waals surface area (Å²) < 4.78 is 5.10. The number of thiophene rings is 1. The summed E-state index contributed by atoms with van der Waals surface area (Å²) in [6.07, 6.45) is 4.09.